The SMILES string of the molecule is CCc1ccc(-c2nc(CC(=O)N3CCN(Cc4ccncc4)CC3)cs2)cc1. The number of amides is 1. The fraction of sp³-hybridized carbons (Fsp3) is 0.348. The molecule has 1 saturated heterocycles. The molecule has 0 N–H and O–H groups in total. The number of aromatic nitrogens is 2. The molecule has 0 radical (unpaired) electrons. The summed E-state index contributed by atoms with van der Waals surface area (Å²) in [6.07, 6.45) is 5.08. The van der Waals surface area contributed by atoms with Gasteiger partial charge in [-0.15, -0.1) is 11.3 Å². The smallest absolute Gasteiger partial charge is 0.228 e. The molecule has 2 aromatic heterocycles. The molecule has 0 bridgehead atoms. The zero-order valence-electron chi connectivity index (χ0n) is 16.8. The lowest BCUT2D eigenvalue weighted by atomic mass is 10.1. The molecule has 1 aliphatic rings. The van der Waals surface area contributed by atoms with E-state index in [2.05, 4.69) is 41.1 Å². The van der Waals surface area contributed by atoms with Gasteiger partial charge in [0, 0.05) is 56.1 Å². The van der Waals surface area contributed by atoms with Crippen LogP contribution in [0.4, 0.5) is 0 Å². The molecule has 1 aromatic carbocycles. The van der Waals surface area contributed by atoms with Gasteiger partial charge in [0.15, 0.2) is 0 Å². The average molecular weight is 407 g/mol. The fourth-order valence-electron chi connectivity index (χ4n) is 3.57. The molecule has 0 aliphatic carbocycles. The van der Waals surface area contributed by atoms with Crippen LogP contribution in [0.25, 0.3) is 10.6 Å². The van der Waals surface area contributed by atoms with E-state index in [9.17, 15) is 4.79 Å². The van der Waals surface area contributed by atoms with Crippen molar-refractivity contribution in [3.63, 3.8) is 0 Å². The molecule has 5 nitrogen and oxygen atoms in total. The third kappa shape index (κ3) is 5.08. The highest BCUT2D eigenvalue weighted by molar-refractivity contribution is 7.13. The van der Waals surface area contributed by atoms with Gasteiger partial charge < -0.3 is 4.90 Å². The normalized spacial score (nSPS) is 14.9. The van der Waals surface area contributed by atoms with Gasteiger partial charge in [-0.25, -0.2) is 4.98 Å². The van der Waals surface area contributed by atoms with Crippen LogP contribution < -0.4 is 0 Å². The van der Waals surface area contributed by atoms with Crippen LogP contribution in [-0.4, -0.2) is 51.9 Å². The van der Waals surface area contributed by atoms with Gasteiger partial charge in [0.2, 0.25) is 5.91 Å². The van der Waals surface area contributed by atoms with Gasteiger partial charge in [-0.2, -0.15) is 0 Å². The lowest BCUT2D eigenvalue weighted by Crippen LogP contribution is -2.48. The van der Waals surface area contributed by atoms with E-state index in [4.69, 9.17) is 4.98 Å². The summed E-state index contributed by atoms with van der Waals surface area (Å²) >= 11 is 1.61. The van der Waals surface area contributed by atoms with E-state index >= 15 is 0 Å². The fourth-order valence-corrected chi connectivity index (χ4v) is 4.40. The molecule has 1 amide bonds. The van der Waals surface area contributed by atoms with E-state index < -0.39 is 0 Å². The van der Waals surface area contributed by atoms with Crippen molar-refractivity contribution < 1.29 is 4.79 Å². The Morgan fingerprint density at radius 3 is 2.41 bits per heavy atom. The topological polar surface area (TPSA) is 49.3 Å². The summed E-state index contributed by atoms with van der Waals surface area (Å²) < 4.78 is 0. The van der Waals surface area contributed by atoms with Crippen LogP contribution in [0, 0.1) is 0 Å². The Kier molecular flexibility index (Phi) is 6.32. The minimum atomic E-state index is 0.173. The van der Waals surface area contributed by atoms with Crippen molar-refractivity contribution in [3.05, 3.63) is 71.0 Å². The molecular weight excluding hydrogens is 380 g/mol. The Morgan fingerprint density at radius 2 is 1.72 bits per heavy atom. The maximum Gasteiger partial charge on any atom is 0.228 e. The summed E-state index contributed by atoms with van der Waals surface area (Å²) in [7, 11) is 0. The van der Waals surface area contributed by atoms with Crippen molar-refractivity contribution in [2.75, 3.05) is 26.2 Å². The number of pyridine rings is 1. The summed E-state index contributed by atoms with van der Waals surface area (Å²) in [6, 6.07) is 12.6. The number of thiazole rings is 1. The molecule has 150 valence electrons. The van der Waals surface area contributed by atoms with Crippen LogP contribution in [0.15, 0.2) is 54.2 Å². The molecule has 4 rings (SSSR count). The molecule has 0 spiro atoms. The maximum absolute atomic E-state index is 12.7. The quantitative estimate of drug-likeness (QED) is 0.627. The van der Waals surface area contributed by atoms with Crippen LogP contribution in [0.5, 0.6) is 0 Å². The van der Waals surface area contributed by atoms with E-state index in [-0.39, 0.29) is 5.91 Å². The Labute approximate surface area is 176 Å². The van der Waals surface area contributed by atoms with Gasteiger partial charge in [0.25, 0.3) is 0 Å². The van der Waals surface area contributed by atoms with E-state index in [0.29, 0.717) is 6.42 Å². The van der Waals surface area contributed by atoms with Crippen LogP contribution in [0.1, 0.15) is 23.7 Å². The predicted molar refractivity (Wildman–Crippen MR) is 117 cm³/mol. The van der Waals surface area contributed by atoms with Gasteiger partial charge in [-0.05, 0) is 29.7 Å². The lowest BCUT2D eigenvalue weighted by Gasteiger charge is -2.34. The van der Waals surface area contributed by atoms with Crippen molar-refractivity contribution >= 4 is 17.2 Å². The number of hydrogen-bond donors (Lipinski definition) is 0. The van der Waals surface area contributed by atoms with Crippen molar-refractivity contribution in [1.82, 2.24) is 19.8 Å². The molecule has 29 heavy (non-hydrogen) atoms. The molecular formula is C23H26N4OS. The molecule has 3 aromatic rings. The summed E-state index contributed by atoms with van der Waals surface area (Å²) in [5.41, 5.74) is 4.58. The Bertz CT molecular complexity index is 931. The zero-order chi connectivity index (χ0) is 20.1. The summed E-state index contributed by atoms with van der Waals surface area (Å²) in [6.45, 7) is 6.43. The second-order valence-corrected chi connectivity index (χ2v) is 8.24. The third-order valence-corrected chi connectivity index (χ3v) is 6.31. The van der Waals surface area contributed by atoms with Crippen molar-refractivity contribution in [2.24, 2.45) is 0 Å². The van der Waals surface area contributed by atoms with Gasteiger partial charge in [0.1, 0.15) is 5.01 Å². The molecule has 0 unspecified atom stereocenters. The van der Waals surface area contributed by atoms with Crippen LogP contribution >= 0.6 is 11.3 Å². The summed E-state index contributed by atoms with van der Waals surface area (Å²) in [5.74, 6) is 0.173. The number of aryl methyl sites for hydroxylation is 1. The first kappa shape index (κ1) is 19.7. The van der Waals surface area contributed by atoms with Crippen LogP contribution in [-0.2, 0) is 24.2 Å². The van der Waals surface area contributed by atoms with Crippen molar-refractivity contribution in [3.8, 4) is 10.6 Å². The third-order valence-electron chi connectivity index (χ3n) is 5.37. The standard InChI is InChI=1S/C23H26N4OS/c1-2-18-3-5-20(6-4-18)23-25-21(17-29-23)15-22(28)27-13-11-26(12-14-27)16-19-7-9-24-10-8-19/h3-10,17H,2,11-16H2,1H3. The van der Waals surface area contributed by atoms with E-state index in [1.54, 1.807) is 11.3 Å². The minimum absolute atomic E-state index is 0.173. The first-order valence-electron chi connectivity index (χ1n) is 10.1. The Hall–Kier alpha value is -2.57. The first-order chi connectivity index (χ1) is 14.2. The summed E-state index contributed by atoms with van der Waals surface area (Å²) in [5, 5.41) is 3.00. The van der Waals surface area contributed by atoms with Gasteiger partial charge >= 0.3 is 0 Å². The minimum Gasteiger partial charge on any atom is -0.340 e. The van der Waals surface area contributed by atoms with Crippen molar-refractivity contribution in [1.29, 1.82) is 0 Å². The lowest BCUT2D eigenvalue weighted by molar-refractivity contribution is -0.132. The maximum atomic E-state index is 12.7. The number of benzene rings is 1. The van der Waals surface area contributed by atoms with Crippen LogP contribution in [0.2, 0.25) is 0 Å². The largest absolute Gasteiger partial charge is 0.340 e. The highest BCUT2D eigenvalue weighted by Crippen LogP contribution is 2.24. The zero-order valence-corrected chi connectivity index (χ0v) is 17.6. The molecule has 1 aliphatic heterocycles. The van der Waals surface area contributed by atoms with Gasteiger partial charge in [-0.3, -0.25) is 14.7 Å². The highest BCUT2D eigenvalue weighted by atomic mass is 32.1. The highest BCUT2D eigenvalue weighted by Gasteiger charge is 2.22. The number of piperazine rings is 1. The number of carbonyl (C=O) groups excluding carboxylic acids is 1. The number of nitrogens with zero attached hydrogens (tertiary/aromatic N) is 4. The number of hydrogen-bond acceptors (Lipinski definition) is 5. The second kappa shape index (κ2) is 9.29. The Morgan fingerprint density at radius 1 is 1.00 bits per heavy atom. The van der Waals surface area contributed by atoms with Crippen molar-refractivity contribution in [2.45, 2.75) is 26.3 Å². The molecule has 1 fully saturated rings. The Balaban J connectivity index is 1.29. The van der Waals surface area contributed by atoms with Gasteiger partial charge in [0.05, 0.1) is 12.1 Å². The first-order valence-corrected chi connectivity index (χ1v) is 11.0. The predicted octanol–water partition coefficient (Wildman–Crippen LogP) is 3.65. The monoisotopic (exact) mass is 406 g/mol. The number of rotatable bonds is 6. The van der Waals surface area contributed by atoms with E-state index in [1.165, 1.54) is 11.1 Å². The number of carbonyl (C=O) groups is 1. The van der Waals surface area contributed by atoms with Gasteiger partial charge in [-0.1, -0.05) is 31.2 Å². The molecule has 0 saturated carbocycles. The average Bonchev–Trinajstić information content (AvgIpc) is 3.23. The van der Waals surface area contributed by atoms with E-state index in [1.807, 2.05) is 34.8 Å². The molecule has 3 heterocycles. The second-order valence-electron chi connectivity index (χ2n) is 7.38. The van der Waals surface area contributed by atoms with Crippen LogP contribution in [0.3, 0.4) is 0 Å². The summed E-state index contributed by atoms with van der Waals surface area (Å²) in [4.78, 5) is 25.8. The van der Waals surface area contributed by atoms with E-state index in [0.717, 1.165) is 55.4 Å². The molecule has 6 heteroatoms. The molecule has 0 atom stereocenters.